The highest BCUT2D eigenvalue weighted by Gasteiger charge is 2.15. The van der Waals surface area contributed by atoms with Gasteiger partial charge in [0.15, 0.2) is 0 Å². The van der Waals surface area contributed by atoms with Crippen molar-refractivity contribution in [3.63, 3.8) is 0 Å². The minimum absolute atomic E-state index is 0.915. The van der Waals surface area contributed by atoms with E-state index in [2.05, 4.69) is 27.3 Å². The van der Waals surface area contributed by atoms with Crippen LogP contribution in [0.25, 0.3) is 0 Å². The van der Waals surface area contributed by atoms with Gasteiger partial charge in [-0.1, -0.05) is 11.3 Å². The first kappa shape index (κ1) is 8.90. The van der Waals surface area contributed by atoms with Crippen molar-refractivity contribution in [1.82, 2.24) is 15.1 Å². The largest absolute Gasteiger partial charge is 0.360 e. The Morgan fingerprint density at radius 3 is 2.92 bits per heavy atom. The summed E-state index contributed by atoms with van der Waals surface area (Å²) in [6.45, 7) is 6.39. The maximum Gasteiger partial charge on any atom is 0.205 e. The highest BCUT2D eigenvalue weighted by Crippen LogP contribution is 2.18. The molecule has 1 aromatic rings. The van der Waals surface area contributed by atoms with E-state index in [1.807, 2.05) is 0 Å². The number of hydrogen-bond donors (Lipinski definition) is 1. The van der Waals surface area contributed by atoms with Gasteiger partial charge in [0.2, 0.25) is 5.13 Å². The molecule has 1 fully saturated rings. The molecule has 0 aliphatic carbocycles. The van der Waals surface area contributed by atoms with Gasteiger partial charge in [0.25, 0.3) is 0 Å². The molecule has 0 saturated carbocycles. The molecular weight excluding hydrogens is 184 g/mol. The zero-order valence-electron chi connectivity index (χ0n) is 7.79. The lowest BCUT2D eigenvalue weighted by atomic mass is 10.2. The number of nitrogens with one attached hydrogen (secondary N) is 1. The van der Waals surface area contributed by atoms with Gasteiger partial charge in [0, 0.05) is 6.54 Å². The molecule has 1 N–H and O–H groups in total. The molecule has 0 spiro atoms. The van der Waals surface area contributed by atoms with Crippen LogP contribution in [0.1, 0.15) is 18.4 Å². The molecule has 1 saturated heterocycles. The summed E-state index contributed by atoms with van der Waals surface area (Å²) in [5, 5.41) is 13.4. The Labute approximate surface area is 82.0 Å². The van der Waals surface area contributed by atoms with E-state index in [0.717, 1.165) is 23.2 Å². The summed E-state index contributed by atoms with van der Waals surface area (Å²) in [6, 6.07) is 0. The van der Waals surface area contributed by atoms with Crippen molar-refractivity contribution in [2.75, 3.05) is 25.0 Å². The molecule has 0 amide bonds. The summed E-state index contributed by atoms with van der Waals surface area (Å²) in [7, 11) is 0. The molecule has 72 valence electrons. The number of nitrogens with zero attached hydrogens (tertiary/aromatic N) is 3. The van der Waals surface area contributed by atoms with Crippen LogP contribution in [0.3, 0.4) is 0 Å². The third kappa shape index (κ3) is 2.16. The first-order chi connectivity index (χ1) is 6.38. The summed E-state index contributed by atoms with van der Waals surface area (Å²) >= 11 is 1.66. The molecule has 0 aromatic carbocycles. The summed E-state index contributed by atoms with van der Waals surface area (Å²) in [5.41, 5.74) is 0. The van der Waals surface area contributed by atoms with Crippen molar-refractivity contribution in [3.8, 4) is 0 Å². The van der Waals surface area contributed by atoms with Crippen LogP contribution in [0.5, 0.6) is 0 Å². The number of anilines is 1. The van der Waals surface area contributed by atoms with Gasteiger partial charge < -0.3 is 5.32 Å². The highest BCUT2D eigenvalue weighted by atomic mass is 32.1. The van der Waals surface area contributed by atoms with Crippen LogP contribution in [0, 0.1) is 0 Å². The quantitative estimate of drug-likeness (QED) is 0.788. The van der Waals surface area contributed by atoms with Crippen molar-refractivity contribution in [2.45, 2.75) is 19.9 Å². The van der Waals surface area contributed by atoms with Crippen molar-refractivity contribution >= 4 is 16.5 Å². The van der Waals surface area contributed by atoms with Crippen LogP contribution >= 0.6 is 11.3 Å². The van der Waals surface area contributed by atoms with Crippen LogP contribution in [-0.4, -0.2) is 34.7 Å². The average Bonchev–Trinajstić information content (AvgIpc) is 2.46. The predicted molar refractivity (Wildman–Crippen MR) is 54.0 cm³/mol. The molecule has 5 heteroatoms. The summed E-state index contributed by atoms with van der Waals surface area (Å²) in [4.78, 5) is 2.39. The van der Waals surface area contributed by atoms with E-state index < -0.39 is 0 Å². The van der Waals surface area contributed by atoms with Crippen molar-refractivity contribution in [1.29, 1.82) is 0 Å². The maximum atomic E-state index is 4.12. The van der Waals surface area contributed by atoms with E-state index in [4.69, 9.17) is 0 Å². The van der Waals surface area contributed by atoms with Gasteiger partial charge in [-0.3, -0.25) is 4.90 Å². The van der Waals surface area contributed by atoms with E-state index in [1.54, 1.807) is 11.3 Å². The van der Waals surface area contributed by atoms with Crippen LogP contribution in [-0.2, 0) is 6.54 Å². The molecule has 13 heavy (non-hydrogen) atoms. The van der Waals surface area contributed by atoms with E-state index in [9.17, 15) is 0 Å². The van der Waals surface area contributed by atoms with Gasteiger partial charge in [-0.2, -0.15) is 0 Å². The van der Waals surface area contributed by atoms with Gasteiger partial charge in [-0.15, -0.1) is 10.2 Å². The number of likely N-dealkylation sites (tertiary alicyclic amines) is 1. The average molecular weight is 198 g/mol. The Morgan fingerprint density at radius 2 is 2.31 bits per heavy atom. The van der Waals surface area contributed by atoms with Gasteiger partial charge in [0.1, 0.15) is 5.01 Å². The minimum Gasteiger partial charge on any atom is -0.360 e. The molecule has 4 nitrogen and oxygen atoms in total. The van der Waals surface area contributed by atoms with Crippen molar-refractivity contribution in [3.05, 3.63) is 5.01 Å². The predicted octanol–water partition coefficient (Wildman–Crippen LogP) is 1.18. The summed E-state index contributed by atoms with van der Waals surface area (Å²) in [5.74, 6) is 0. The van der Waals surface area contributed by atoms with Crippen LogP contribution in [0.2, 0.25) is 0 Å². The fraction of sp³-hybridized carbons (Fsp3) is 0.750. The van der Waals surface area contributed by atoms with E-state index in [-0.39, 0.29) is 0 Å². The number of aromatic nitrogens is 2. The zero-order valence-corrected chi connectivity index (χ0v) is 8.60. The second kappa shape index (κ2) is 4.02. The van der Waals surface area contributed by atoms with Crippen LogP contribution in [0.15, 0.2) is 0 Å². The molecule has 0 radical (unpaired) electrons. The molecule has 2 rings (SSSR count). The normalized spacial score (nSPS) is 17.0. The lowest BCUT2D eigenvalue weighted by Gasteiger charge is -2.29. The van der Waals surface area contributed by atoms with E-state index in [1.165, 1.54) is 19.5 Å². The first-order valence-electron chi connectivity index (χ1n) is 4.67. The third-order valence-electron chi connectivity index (χ3n) is 2.10. The van der Waals surface area contributed by atoms with E-state index >= 15 is 0 Å². The molecule has 1 aromatic heterocycles. The number of hydrogen-bond acceptors (Lipinski definition) is 5. The topological polar surface area (TPSA) is 41.1 Å². The molecule has 1 aliphatic heterocycles. The third-order valence-corrected chi connectivity index (χ3v) is 2.97. The molecule has 0 unspecified atom stereocenters. The molecule has 2 heterocycles. The number of rotatable bonds is 4. The van der Waals surface area contributed by atoms with Crippen LogP contribution in [0.4, 0.5) is 5.13 Å². The highest BCUT2D eigenvalue weighted by molar-refractivity contribution is 7.15. The Kier molecular flexibility index (Phi) is 2.75. The second-order valence-electron chi connectivity index (χ2n) is 3.16. The Hall–Kier alpha value is -0.680. The minimum atomic E-state index is 0.915. The van der Waals surface area contributed by atoms with Gasteiger partial charge in [-0.25, -0.2) is 0 Å². The van der Waals surface area contributed by atoms with Gasteiger partial charge in [0.05, 0.1) is 6.54 Å². The molecule has 1 aliphatic rings. The molecule has 0 bridgehead atoms. The van der Waals surface area contributed by atoms with Crippen molar-refractivity contribution < 1.29 is 0 Å². The van der Waals surface area contributed by atoms with Crippen LogP contribution < -0.4 is 5.32 Å². The fourth-order valence-electron chi connectivity index (χ4n) is 1.27. The first-order valence-corrected chi connectivity index (χ1v) is 5.48. The lowest BCUT2D eigenvalue weighted by Crippen LogP contribution is -2.36. The Bertz CT molecular complexity index is 269. The standard InChI is InChI=1S/C8H14N4S/c1-2-9-8-11-10-7(13-8)6-12-4-3-5-12/h2-6H2,1H3,(H,9,11). The Balaban J connectivity index is 1.88. The second-order valence-corrected chi connectivity index (χ2v) is 4.22. The molecular formula is C8H14N4S. The van der Waals surface area contributed by atoms with Crippen molar-refractivity contribution in [2.24, 2.45) is 0 Å². The summed E-state index contributed by atoms with van der Waals surface area (Å²) in [6.07, 6.45) is 1.33. The Morgan fingerprint density at radius 1 is 1.46 bits per heavy atom. The lowest BCUT2D eigenvalue weighted by molar-refractivity contribution is 0.172. The van der Waals surface area contributed by atoms with Gasteiger partial charge in [-0.05, 0) is 26.4 Å². The zero-order chi connectivity index (χ0) is 9.10. The fourth-order valence-corrected chi connectivity index (χ4v) is 2.12. The smallest absolute Gasteiger partial charge is 0.205 e. The molecule has 0 atom stereocenters. The monoisotopic (exact) mass is 198 g/mol. The summed E-state index contributed by atoms with van der Waals surface area (Å²) < 4.78 is 0. The van der Waals surface area contributed by atoms with E-state index in [0.29, 0.717) is 0 Å². The SMILES string of the molecule is CCNc1nnc(CN2CCC2)s1. The maximum absolute atomic E-state index is 4.12. The van der Waals surface area contributed by atoms with Gasteiger partial charge >= 0.3 is 0 Å².